The summed E-state index contributed by atoms with van der Waals surface area (Å²) in [6.07, 6.45) is 1.46. The molecule has 0 spiro atoms. The zero-order valence-corrected chi connectivity index (χ0v) is 4.03. The van der Waals surface area contributed by atoms with E-state index in [4.69, 9.17) is 5.11 Å². The molecular weight excluding hydrogens is 108 g/mol. The van der Waals surface area contributed by atoms with Gasteiger partial charge in [-0.05, 0) is 0 Å². The van der Waals surface area contributed by atoms with Crippen molar-refractivity contribution in [1.82, 2.24) is 0 Å². The molecule has 4 heteroatoms. The fraction of sp³-hybridized carbons (Fsp3) is 0.250. The summed E-state index contributed by atoms with van der Waals surface area (Å²) in [5, 5.41) is 8.17. The Kier molecular flexibility index (Phi) is 1.07. The molecule has 0 unspecified atom stereocenters. The molecule has 1 aliphatic heterocycles. The van der Waals surface area contributed by atoms with E-state index >= 15 is 0 Å². The Morgan fingerprint density at radius 3 is 2.88 bits per heavy atom. The molecule has 1 rings (SSSR count). The SMILES string of the molecule is O=C(O)C1=NCC=N1. The highest BCUT2D eigenvalue weighted by atomic mass is 16.4. The fourth-order valence-corrected chi connectivity index (χ4v) is 0.418. The zero-order valence-electron chi connectivity index (χ0n) is 4.03. The van der Waals surface area contributed by atoms with Crippen LogP contribution in [0.15, 0.2) is 9.98 Å². The minimum absolute atomic E-state index is 0.0926. The Balaban J connectivity index is 2.72. The van der Waals surface area contributed by atoms with Gasteiger partial charge in [0.1, 0.15) is 0 Å². The summed E-state index contributed by atoms with van der Waals surface area (Å²) in [5.74, 6) is -1.15. The number of aliphatic carboxylic acids is 1. The Labute approximate surface area is 45.6 Å². The van der Waals surface area contributed by atoms with Gasteiger partial charge in [0.25, 0.3) is 0 Å². The third-order valence-electron chi connectivity index (χ3n) is 0.728. The average Bonchev–Trinajstić information content (AvgIpc) is 2.12. The average molecular weight is 112 g/mol. The van der Waals surface area contributed by atoms with Crippen LogP contribution in [0.3, 0.4) is 0 Å². The van der Waals surface area contributed by atoms with Crippen molar-refractivity contribution in [2.45, 2.75) is 0 Å². The van der Waals surface area contributed by atoms with Crippen molar-refractivity contribution in [2.75, 3.05) is 6.54 Å². The number of hydrogen-bond acceptors (Lipinski definition) is 3. The van der Waals surface area contributed by atoms with Crippen LogP contribution in [0, 0.1) is 0 Å². The van der Waals surface area contributed by atoms with E-state index < -0.39 is 5.97 Å². The predicted octanol–water partition coefficient (Wildman–Crippen LogP) is -0.446. The number of hydrogen-bond donors (Lipinski definition) is 1. The molecule has 1 N–H and O–H groups in total. The molecule has 0 saturated carbocycles. The second kappa shape index (κ2) is 1.73. The van der Waals surface area contributed by atoms with E-state index in [0.717, 1.165) is 0 Å². The second-order valence-electron chi connectivity index (χ2n) is 1.28. The summed E-state index contributed by atoms with van der Waals surface area (Å²) in [7, 11) is 0. The smallest absolute Gasteiger partial charge is 0.373 e. The van der Waals surface area contributed by atoms with Gasteiger partial charge < -0.3 is 5.11 Å². The molecule has 0 bridgehead atoms. The molecule has 8 heavy (non-hydrogen) atoms. The summed E-state index contributed by atoms with van der Waals surface area (Å²) in [6.45, 7) is 0.404. The van der Waals surface area contributed by atoms with Crippen LogP contribution >= 0.6 is 0 Å². The molecule has 0 amide bonds. The van der Waals surface area contributed by atoms with Gasteiger partial charge in [0.05, 0.1) is 6.54 Å². The number of aliphatic imine (C=N–C) groups is 2. The Morgan fingerprint density at radius 2 is 2.62 bits per heavy atom. The molecule has 0 aromatic carbocycles. The predicted molar refractivity (Wildman–Crippen MR) is 28.4 cm³/mol. The van der Waals surface area contributed by atoms with Crippen molar-refractivity contribution in [2.24, 2.45) is 9.98 Å². The first-order chi connectivity index (χ1) is 3.80. The number of amidine groups is 1. The van der Waals surface area contributed by atoms with Gasteiger partial charge >= 0.3 is 5.97 Å². The van der Waals surface area contributed by atoms with E-state index in [2.05, 4.69) is 9.98 Å². The minimum Gasteiger partial charge on any atom is -0.475 e. The largest absolute Gasteiger partial charge is 0.475 e. The molecule has 0 radical (unpaired) electrons. The molecule has 0 atom stereocenters. The highest BCUT2D eigenvalue weighted by Gasteiger charge is 2.07. The van der Waals surface area contributed by atoms with Crippen LogP contribution < -0.4 is 0 Å². The molecule has 1 heterocycles. The van der Waals surface area contributed by atoms with E-state index in [9.17, 15) is 4.79 Å². The maximum atomic E-state index is 9.96. The fourth-order valence-electron chi connectivity index (χ4n) is 0.418. The number of carboxylic acids is 1. The van der Waals surface area contributed by atoms with Crippen molar-refractivity contribution in [3.05, 3.63) is 0 Å². The van der Waals surface area contributed by atoms with Crippen LogP contribution in [0.4, 0.5) is 0 Å². The van der Waals surface area contributed by atoms with Crippen molar-refractivity contribution in [1.29, 1.82) is 0 Å². The first-order valence-corrected chi connectivity index (χ1v) is 2.11. The molecule has 42 valence electrons. The van der Waals surface area contributed by atoms with Crippen molar-refractivity contribution < 1.29 is 9.90 Å². The molecule has 0 aliphatic carbocycles. The van der Waals surface area contributed by atoms with E-state index in [1.54, 1.807) is 0 Å². The summed E-state index contributed by atoms with van der Waals surface area (Å²) in [4.78, 5) is 16.9. The van der Waals surface area contributed by atoms with Gasteiger partial charge in [0.2, 0.25) is 5.84 Å². The summed E-state index contributed by atoms with van der Waals surface area (Å²) >= 11 is 0. The van der Waals surface area contributed by atoms with E-state index in [-0.39, 0.29) is 5.84 Å². The molecule has 4 nitrogen and oxygen atoms in total. The van der Waals surface area contributed by atoms with Crippen LogP contribution in [0.5, 0.6) is 0 Å². The Bertz CT molecular complexity index is 171. The Hall–Kier alpha value is -1.19. The standard InChI is InChI=1S/C4H4N2O2/c7-4(8)3-5-1-2-6-3/h1H,2H2,(H,7,8). The topological polar surface area (TPSA) is 62.0 Å². The monoisotopic (exact) mass is 112 g/mol. The summed E-state index contributed by atoms with van der Waals surface area (Å²) in [5.41, 5.74) is 0. The van der Waals surface area contributed by atoms with E-state index in [1.165, 1.54) is 6.21 Å². The first-order valence-electron chi connectivity index (χ1n) is 2.11. The number of nitrogens with zero attached hydrogens (tertiary/aromatic N) is 2. The normalized spacial score (nSPS) is 16.2. The molecule has 1 aliphatic rings. The van der Waals surface area contributed by atoms with E-state index in [1.807, 2.05) is 0 Å². The van der Waals surface area contributed by atoms with Gasteiger partial charge in [0.15, 0.2) is 0 Å². The number of rotatable bonds is 1. The lowest BCUT2D eigenvalue weighted by molar-refractivity contribution is -0.129. The van der Waals surface area contributed by atoms with Crippen LogP contribution in [0.25, 0.3) is 0 Å². The molecule has 0 saturated heterocycles. The highest BCUT2D eigenvalue weighted by Crippen LogP contribution is 1.87. The van der Waals surface area contributed by atoms with E-state index in [0.29, 0.717) is 6.54 Å². The molecule has 0 aromatic heterocycles. The summed E-state index contributed by atoms with van der Waals surface area (Å²) < 4.78 is 0. The first kappa shape index (κ1) is 4.96. The van der Waals surface area contributed by atoms with Crippen LogP contribution in [-0.4, -0.2) is 29.7 Å². The second-order valence-corrected chi connectivity index (χ2v) is 1.28. The van der Waals surface area contributed by atoms with Gasteiger partial charge in [-0.15, -0.1) is 0 Å². The maximum absolute atomic E-state index is 9.96. The van der Waals surface area contributed by atoms with Crippen LogP contribution in [0.1, 0.15) is 0 Å². The van der Waals surface area contributed by atoms with Crippen LogP contribution in [0.2, 0.25) is 0 Å². The third kappa shape index (κ3) is 0.726. The lowest BCUT2D eigenvalue weighted by atomic mass is 10.6. The zero-order chi connectivity index (χ0) is 5.98. The highest BCUT2D eigenvalue weighted by molar-refractivity contribution is 6.37. The number of carboxylic acid groups (broad SMARTS) is 1. The number of carbonyl (C=O) groups is 1. The van der Waals surface area contributed by atoms with Gasteiger partial charge in [-0.2, -0.15) is 0 Å². The molecule has 0 fully saturated rings. The van der Waals surface area contributed by atoms with Gasteiger partial charge in [-0.1, -0.05) is 0 Å². The Morgan fingerprint density at radius 1 is 1.88 bits per heavy atom. The quantitative estimate of drug-likeness (QED) is 0.499. The minimum atomic E-state index is -1.06. The van der Waals surface area contributed by atoms with Crippen molar-refractivity contribution in [3.63, 3.8) is 0 Å². The van der Waals surface area contributed by atoms with Gasteiger partial charge in [-0.3, -0.25) is 4.99 Å². The van der Waals surface area contributed by atoms with Crippen molar-refractivity contribution >= 4 is 18.0 Å². The maximum Gasteiger partial charge on any atom is 0.373 e. The van der Waals surface area contributed by atoms with Crippen LogP contribution in [-0.2, 0) is 4.79 Å². The third-order valence-corrected chi connectivity index (χ3v) is 0.728. The lowest BCUT2D eigenvalue weighted by Gasteiger charge is -1.80. The van der Waals surface area contributed by atoms with Gasteiger partial charge in [-0.25, -0.2) is 9.79 Å². The van der Waals surface area contributed by atoms with Gasteiger partial charge in [0, 0.05) is 6.21 Å². The molecule has 0 aromatic rings. The lowest BCUT2D eigenvalue weighted by Crippen LogP contribution is -2.06. The van der Waals surface area contributed by atoms with Crippen molar-refractivity contribution in [3.8, 4) is 0 Å². The molecular formula is C4H4N2O2. The summed E-state index contributed by atoms with van der Waals surface area (Å²) in [6, 6.07) is 0.